The van der Waals surface area contributed by atoms with Gasteiger partial charge < -0.3 is 9.30 Å². The van der Waals surface area contributed by atoms with Crippen LogP contribution in [-0.4, -0.2) is 48.1 Å². The van der Waals surface area contributed by atoms with Crippen LogP contribution in [0.2, 0.25) is 0 Å². The number of carbonyl (C=O) groups excluding carboxylic acids is 1. The van der Waals surface area contributed by atoms with E-state index in [1.807, 2.05) is 13.0 Å². The minimum atomic E-state index is 0.208. The summed E-state index contributed by atoms with van der Waals surface area (Å²) in [6.45, 7) is 13.3. The van der Waals surface area contributed by atoms with Crippen LogP contribution in [0.5, 0.6) is 0 Å². The second kappa shape index (κ2) is 8.35. The van der Waals surface area contributed by atoms with Crippen LogP contribution >= 0.6 is 0 Å². The Balaban J connectivity index is 2.86. The van der Waals surface area contributed by atoms with Crippen molar-refractivity contribution in [2.24, 2.45) is 0 Å². The normalized spacial score (nSPS) is 12.9. The molecule has 1 atom stereocenters. The average Bonchev–Trinajstić information content (AvgIpc) is 2.76. The second-order valence-corrected chi connectivity index (χ2v) is 5.67. The lowest BCUT2D eigenvalue weighted by atomic mass is 10.1. The third-order valence-corrected chi connectivity index (χ3v) is 4.33. The lowest BCUT2D eigenvalue weighted by Gasteiger charge is -2.27. The van der Waals surface area contributed by atoms with Crippen molar-refractivity contribution < 1.29 is 9.53 Å². The van der Waals surface area contributed by atoms with Gasteiger partial charge in [-0.2, -0.15) is 0 Å². The first kappa shape index (κ1) is 17.9. The monoisotopic (exact) mass is 294 g/mol. The van der Waals surface area contributed by atoms with Crippen molar-refractivity contribution in [2.45, 2.75) is 53.6 Å². The van der Waals surface area contributed by atoms with Gasteiger partial charge in [0.05, 0.1) is 13.2 Å². The number of methoxy groups -OCH3 is 1. The lowest BCUT2D eigenvalue weighted by Crippen LogP contribution is -2.39. The van der Waals surface area contributed by atoms with E-state index in [1.54, 1.807) is 7.11 Å². The van der Waals surface area contributed by atoms with E-state index in [-0.39, 0.29) is 5.78 Å². The van der Waals surface area contributed by atoms with Crippen LogP contribution in [0.25, 0.3) is 0 Å². The van der Waals surface area contributed by atoms with Gasteiger partial charge in [-0.3, -0.25) is 9.69 Å². The molecule has 1 rings (SSSR count). The molecule has 1 unspecified atom stereocenters. The molecule has 0 radical (unpaired) electrons. The molecule has 0 aliphatic rings. The van der Waals surface area contributed by atoms with Crippen molar-refractivity contribution in [3.8, 4) is 0 Å². The zero-order chi connectivity index (χ0) is 16.0. The van der Waals surface area contributed by atoms with E-state index >= 15 is 0 Å². The molecule has 0 aliphatic carbocycles. The highest BCUT2D eigenvalue weighted by Gasteiger charge is 2.20. The van der Waals surface area contributed by atoms with Gasteiger partial charge in [0, 0.05) is 43.2 Å². The van der Waals surface area contributed by atoms with Crippen molar-refractivity contribution in [1.82, 2.24) is 9.47 Å². The molecule has 1 aromatic heterocycles. The fourth-order valence-electron chi connectivity index (χ4n) is 2.76. The summed E-state index contributed by atoms with van der Waals surface area (Å²) in [5.41, 5.74) is 3.10. The smallest absolute Gasteiger partial charge is 0.178 e. The number of carbonyl (C=O) groups is 1. The molecule has 0 fully saturated rings. The molecule has 0 saturated heterocycles. The predicted molar refractivity (Wildman–Crippen MR) is 87.1 cm³/mol. The number of ether oxygens (including phenoxy) is 1. The van der Waals surface area contributed by atoms with Crippen LogP contribution < -0.4 is 0 Å². The van der Waals surface area contributed by atoms with E-state index in [4.69, 9.17) is 4.74 Å². The first-order chi connectivity index (χ1) is 9.96. The third-order valence-electron chi connectivity index (χ3n) is 4.33. The molecule has 1 aromatic rings. The number of hydrogen-bond acceptors (Lipinski definition) is 3. The lowest BCUT2D eigenvalue weighted by molar-refractivity contribution is 0.0833. The average molecular weight is 294 g/mol. The number of ketones is 1. The molecule has 120 valence electrons. The number of Topliss-reactive ketones (excluding diaryl/α,β-unsaturated/α-hetero) is 1. The quantitative estimate of drug-likeness (QED) is 0.657. The van der Waals surface area contributed by atoms with Gasteiger partial charge in [0.2, 0.25) is 0 Å². The molecule has 0 saturated carbocycles. The van der Waals surface area contributed by atoms with Gasteiger partial charge >= 0.3 is 0 Å². The Morgan fingerprint density at radius 2 is 2.05 bits per heavy atom. The van der Waals surface area contributed by atoms with Gasteiger partial charge in [-0.05, 0) is 40.2 Å². The first-order valence-electron chi connectivity index (χ1n) is 7.89. The Morgan fingerprint density at radius 3 is 2.52 bits per heavy atom. The van der Waals surface area contributed by atoms with E-state index in [1.165, 1.54) is 0 Å². The van der Waals surface area contributed by atoms with Gasteiger partial charge in [0.15, 0.2) is 5.78 Å². The van der Waals surface area contributed by atoms with Crippen molar-refractivity contribution >= 4 is 5.78 Å². The van der Waals surface area contributed by atoms with Crippen molar-refractivity contribution in [1.29, 1.82) is 0 Å². The highest BCUT2D eigenvalue weighted by molar-refractivity contribution is 5.99. The Morgan fingerprint density at radius 1 is 1.38 bits per heavy atom. The molecule has 1 heterocycles. The van der Waals surface area contributed by atoms with Crippen LogP contribution in [0, 0.1) is 13.8 Å². The van der Waals surface area contributed by atoms with E-state index in [0.29, 0.717) is 19.2 Å². The molecule has 0 aromatic carbocycles. The summed E-state index contributed by atoms with van der Waals surface area (Å²) in [5.74, 6) is 0.208. The van der Waals surface area contributed by atoms with Crippen LogP contribution in [0.4, 0.5) is 0 Å². The Hall–Kier alpha value is -1.13. The molecule has 0 amide bonds. The van der Waals surface area contributed by atoms with Crippen LogP contribution in [0.1, 0.15) is 48.9 Å². The van der Waals surface area contributed by atoms with Crippen molar-refractivity contribution in [3.63, 3.8) is 0 Å². The maximum absolute atomic E-state index is 12.6. The molecule has 21 heavy (non-hydrogen) atoms. The van der Waals surface area contributed by atoms with E-state index in [0.717, 1.165) is 36.5 Å². The summed E-state index contributed by atoms with van der Waals surface area (Å²) < 4.78 is 7.35. The highest BCUT2D eigenvalue weighted by Crippen LogP contribution is 2.17. The zero-order valence-electron chi connectivity index (χ0n) is 14.4. The summed E-state index contributed by atoms with van der Waals surface area (Å²) in [6.07, 6.45) is 1.03. The molecular formula is C17H30N2O2. The summed E-state index contributed by atoms with van der Waals surface area (Å²) in [4.78, 5) is 14.9. The van der Waals surface area contributed by atoms with E-state index in [2.05, 4.69) is 37.2 Å². The van der Waals surface area contributed by atoms with Gasteiger partial charge in [-0.15, -0.1) is 0 Å². The van der Waals surface area contributed by atoms with Crippen molar-refractivity contribution in [2.75, 3.05) is 26.8 Å². The van der Waals surface area contributed by atoms with Crippen LogP contribution in [0.3, 0.4) is 0 Å². The molecule has 0 aliphatic heterocycles. The SMILES string of the molecule is CCC(C)N(CCOC)CC(=O)c1cc(C)n(CC)c1C. The predicted octanol–water partition coefficient (Wildman–Crippen LogP) is 3.05. The minimum Gasteiger partial charge on any atom is -0.383 e. The minimum absolute atomic E-state index is 0.208. The summed E-state index contributed by atoms with van der Waals surface area (Å²) in [7, 11) is 1.70. The maximum Gasteiger partial charge on any atom is 0.178 e. The van der Waals surface area contributed by atoms with Gasteiger partial charge in [0.1, 0.15) is 0 Å². The van der Waals surface area contributed by atoms with E-state index < -0.39 is 0 Å². The molecular weight excluding hydrogens is 264 g/mol. The fourth-order valence-corrected chi connectivity index (χ4v) is 2.76. The maximum atomic E-state index is 12.6. The molecule has 0 N–H and O–H groups in total. The zero-order valence-corrected chi connectivity index (χ0v) is 14.4. The summed E-state index contributed by atoms with van der Waals surface area (Å²) >= 11 is 0. The fraction of sp³-hybridized carbons (Fsp3) is 0.706. The Kier molecular flexibility index (Phi) is 7.12. The van der Waals surface area contributed by atoms with Crippen LogP contribution in [-0.2, 0) is 11.3 Å². The number of aromatic nitrogens is 1. The first-order valence-corrected chi connectivity index (χ1v) is 7.89. The topological polar surface area (TPSA) is 34.5 Å². The number of aryl methyl sites for hydroxylation is 1. The number of nitrogens with zero attached hydrogens (tertiary/aromatic N) is 2. The molecule has 0 bridgehead atoms. The second-order valence-electron chi connectivity index (χ2n) is 5.67. The van der Waals surface area contributed by atoms with Gasteiger partial charge in [-0.1, -0.05) is 6.92 Å². The highest BCUT2D eigenvalue weighted by atomic mass is 16.5. The Labute approximate surface area is 129 Å². The van der Waals surface area contributed by atoms with Gasteiger partial charge in [0.25, 0.3) is 0 Å². The third kappa shape index (κ3) is 4.42. The standard InChI is InChI=1S/C17H30N2O2/c1-7-13(3)18(9-10-21-6)12-17(20)16-11-14(4)19(8-2)15(16)5/h11,13H,7-10,12H2,1-6H3. The molecule has 4 heteroatoms. The van der Waals surface area contributed by atoms with Crippen molar-refractivity contribution in [3.05, 3.63) is 23.0 Å². The largest absolute Gasteiger partial charge is 0.383 e. The number of hydrogen-bond donors (Lipinski definition) is 0. The van der Waals surface area contributed by atoms with Gasteiger partial charge in [-0.25, -0.2) is 0 Å². The summed E-state index contributed by atoms with van der Waals surface area (Å²) in [5, 5.41) is 0. The molecule has 0 spiro atoms. The van der Waals surface area contributed by atoms with Crippen LogP contribution in [0.15, 0.2) is 6.07 Å². The number of rotatable bonds is 9. The molecule has 4 nitrogen and oxygen atoms in total. The summed E-state index contributed by atoms with van der Waals surface area (Å²) in [6, 6.07) is 2.41. The van der Waals surface area contributed by atoms with E-state index in [9.17, 15) is 4.79 Å². The Bertz CT molecular complexity index is 466.